The van der Waals surface area contributed by atoms with E-state index in [4.69, 9.17) is 18.9 Å². The number of imide groups is 2. The fraction of sp³-hybridized carbons (Fsp3) is 0.261. The molecule has 2 aliphatic rings. The first-order valence-corrected chi connectivity index (χ1v) is 11.0. The Labute approximate surface area is 198 Å². The predicted octanol–water partition coefficient (Wildman–Crippen LogP) is 4.03. The molecule has 1 saturated heterocycles. The molecule has 4 rings (SSSR count). The average molecular weight is 517 g/mol. The standard InChI is InChI=1S/C23H21BrN2O7/c1-4-12(2)33-20-16(24)8-13(9-19(20)30-3)7-15-21(27)25-23(29)26(22(15)28)14-5-6-17-18(10-14)32-11-31-17/h5-10,12H,4,11H2,1-3H3,(H,25,27,29)/b15-7+/t12-/m0/s1. The summed E-state index contributed by atoms with van der Waals surface area (Å²) in [5, 5.41) is 2.20. The van der Waals surface area contributed by atoms with E-state index in [1.54, 1.807) is 24.3 Å². The Kier molecular flexibility index (Phi) is 6.28. The smallest absolute Gasteiger partial charge is 0.335 e. The average Bonchev–Trinajstić information content (AvgIpc) is 3.26. The van der Waals surface area contributed by atoms with Gasteiger partial charge in [-0.3, -0.25) is 14.9 Å². The van der Waals surface area contributed by atoms with Crippen LogP contribution in [0, 0.1) is 0 Å². The molecule has 0 spiro atoms. The zero-order valence-corrected chi connectivity index (χ0v) is 19.7. The summed E-state index contributed by atoms with van der Waals surface area (Å²) in [4.78, 5) is 39.0. The number of halogens is 1. The molecule has 2 aromatic carbocycles. The minimum Gasteiger partial charge on any atom is -0.493 e. The number of carbonyl (C=O) groups is 3. The maximum Gasteiger partial charge on any atom is 0.335 e. The number of barbiturate groups is 1. The molecule has 2 aliphatic heterocycles. The van der Waals surface area contributed by atoms with Crippen LogP contribution in [0.25, 0.3) is 6.08 Å². The molecule has 2 heterocycles. The van der Waals surface area contributed by atoms with Gasteiger partial charge in [-0.2, -0.15) is 0 Å². The number of ether oxygens (including phenoxy) is 4. The van der Waals surface area contributed by atoms with Crippen molar-refractivity contribution in [3.8, 4) is 23.0 Å². The highest BCUT2D eigenvalue weighted by molar-refractivity contribution is 9.10. The summed E-state index contributed by atoms with van der Waals surface area (Å²) in [6.45, 7) is 3.99. The lowest BCUT2D eigenvalue weighted by atomic mass is 10.1. The van der Waals surface area contributed by atoms with Crippen molar-refractivity contribution in [2.75, 3.05) is 18.8 Å². The topological polar surface area (TPSA) is 103 Å². The summed E-state index contributed by atoms with van der Waals surface area (Å²) in [7, 11) is 1.50. The van der Waals surface area contributed by atoms with Crippen LogP contribution in [-0.2, 0) is 9.59 Å². The summed E-state index contributed by atoms with van der Waals surface area (Å²) in [6, 6.07) is 7.15. The molecule has 0 radical (unpaired) electrons. The molecule has 1 atom stereocenters. The molecule has 33 heavy (non-hydrogen) atoms. The lowest BCUT2D eigenvalue weighted by molar-refractivity contribution is -0.122. The van der Waals surface area contributed by atoms with Crippen LogP contribution in [-0.4, -0.2) is 37.9 Å². The minimum atomic E-state index is -0.850. The van der Waals surface area contributed by atoms with Gasteiger partial charge in [0.2, 0.25) is 6.79 Å². The first-order chi connectivity index (χ1) is 15.8. The third-order valence-electron chi connectivity index (χ3n) is 5.17. The van der Waals surface area contributed by atoms with E-state index in [9.17, 15) is 14.4 Å². The first kappa shape index (κ1) is 22.7. The number of nitrogens with zero attached hydrogens (tertiary/aromatic N) is 1. The Hall–Kier alpha value is -3.53. The number of urea groups is 1. The minimum absolute atomic E-state index is 0.0358. The van der Waals surface area contributed by atoms with Gasteiger partial charge in [-0.05, 0) is 65.2 Å². The quantitative estimate of drug-likeness (QED) is 0.456. The summed E-state index contributed by atoms with van der Waals surface area (Å²) < 4.78 is 22.6. The number of fused-ring (bicyclic) bond motifs is 1. The van der Waals surface area contributed by atoms with E-state index in [-0.39, 0.29) is 24.2 Å². The normalized spacial score (nSPS) is 17.3. The third kappa shape index (κ3) is 4.38. The Bertz CT molecular complexity index is 1180. The molecular weight excluding hydrogens is 496 g/mol. The molecule has 2 aromatic rings. The number of nitrogens with one attached hydrogen (secondary N) is 1. The van der Waals surface area contributed by atoms with E-state index in [0.717, 1.165) is 11.3 Å². The van der Waals surface area contributed by atoms with Gasteiger partial charge < -0.3 is 18.9 Å². The van der Waals surface area contributed by atoms with Gasteiger partial charge in [0.1, 0.15) is 5.57 Å². The van der Waals surface area contributed by atoms with Gasteiger partial charge in [-0.25, -0.2) is 9.69 Å². The van der Waals surface area contributed by atoms with E-state index in [0.29, 0.717) is 33.0 Å². The highest BCUT2D eigenvalue weighted by Gasteiger charge is 2.37. The molecule has 0 unspecified atom stereocenters. The van der Waals surface area contributed by atoms with Crippen molar-refractivity contribution in [1.82, 2.24) is 5.32 Å². The van der Waals surface area contributed by atoms with Gasteiger partial charge in [-0.15, -0.1) is 0 Å². The van der Waals surface area contributed by atoms with E-state index in [2.05, 4.69) is 21.2 Å². The molecule has 0 saturated carbocycles. The second-order valence-electron chi connectivity index (χ2n) is 7.37. The van der Waals surface area contributed by atoms with Crippen molar-refractivity contribution in [2.45, 2.75) is 26.4 Å². The van der Waals surface area contributed by atoms with Crippen LogP contribution < -0.4 is 29.2 Å². The number of rotatable bonds is 6. The molecular formula is C23H21BrN2O7. The van der Waals surface area contributed by atoms with Gasteiger partial charge in [0, 0.05) is 6.07 Å². The Morgan fingerprint density at radius 2 is 1.94 bits per heavy atom. The van der Waals surface area contributed by atoms with Crippen LogP contribution >= 0.6 is 15.9 Å². The molecule has 1 N–H and O–H groups in total. The van der Waals surface area contributed by atoms with Gasteiger partial charge >= 0.3 is 6.03 Å². The number of amides is 4. The number of benzene rings is 2. The maximum absolute atomic E-state index is 13.2. The second-order valence-corrected chi connectivity index (χ2v) is 8.22. The molecule has 9 nitrogen and oxygen atoms in total. The number of methoxy groups -OCH3 is 1. The van der Waals surface area contributed by atoms with Crippen molar-refractivity contribution in [3.63, 3.8) is 0 Å². The lowest BCUT2D eigenvalue weighted by Gasteiger charge is -2.26. The molecule has 1 fully saturated rings. The second kappa shape index (κ2) is 9.14. The van der Waals surface area contributed by atoms with Crippen LogP contribution in [0.4, 0.5) is 10.5 Å². The number of hydrogen-bond donors (Lipinski definition) is 1. The molecule has 10 heteroatoms. The monoisotopic (exact) mass is 516 g/mol. The third-order valence-corrected chi connectivity index (χ3v) is 5.76. The van der Waals surface area contributed by atoms with Gasteiger partial charge in [0.05, 0.1) is 23.4 Å². The van der Waals surface area contributed by atoms with Crippen LogP contribution in [0.1, 0.15) is 25.8 Å². The maximum atomic E-state index is 13.2. The summed E-state index contributed by atoms with van der Waals surface area (Å²) >= 11 is 3.47. The fourth-order valence-corrected chi connectivity index (χ4v) is 3.86. The van der Waals surface area contributed by atoms with Crippen molar-refractivity contribution in [2.24, 2.45) is 0 Å². The predicted molar refractivity (Wildman–Crippen MR) is 123 cm³/mol. The van der Waals surface area contributed by atoms with Gasteiger partial charge in [-0.1, -0.05) is 6.92 Å². The number of carbonyl (C=O) groups excluding carboxylic acids is 3. The molecule has 0 aromatic heterocycles. The zero-order chi connectivity index (χ0) is 23.7. The largest absolute Gasteiger partial charge is 0.493 e. The molecule has 0 aliphatic carbocycles. The van der Waals surface area contributed by atoms with Crippen LogP contribution in [0.15, 0.2) is 40.4 Å². The zero-order valence-electron chi connectivity index (χ0n) is 18.1. The van der Waals surface area contributed by atoms with Crippen LogP contribution in [0.5, 0.6) is 23.0 Å². The Morgan fingerprint density at radius 1 is 1.18 bits per heavy atom. The van der Waals surface area contributed by atoms with Crippen molar-refractivity contribution in [1.29, 1.82) is 0 Å². The van der Waals surface area contributed by atoms with E-state index >= 15 is 0 Å². The van der Waals surface area contributed by atoms with Crippen LogP contribution in [0.2, 0.25) is 0 Å². The van der Waals surface area contributed by atoms with Crippen molar-refractivity contribution in [3.05, 3.63) is 45.9 Å². The first-order valence-electron chi connectivity index (χ1n) is 10.2. The molecule has 4 amide bonds. The molecule has 0 bridgehead atoms. The Balaban J connectivity index is 1.70. The highest BCUT2D eigenvalue weighted by atomic mass is 79.9. The summed E-state index contributed by atoms with van der Waals surface area (Å²) in [5.41, 5.74) is 0.543. The number of anilines is 1. The van der Waals surface area contributed by atoms with Gasteiger partial charge in [0.15, 0.2) is 23.0 Å². The van der Waals surface area contributed by atoms with Crippen molar-refractivity contribution < 1.29 is 33.3 Å². The van der Waals surface area contributed by atoms with E-state index < -0.39 is 17.8 Å². The number of hydrogen-bond acceptors (Lipinski definition) is 7. The van der Waals surface area contributed by atoms with Gasteiger partial charge in [0.25, 0.3) is 11.8 Å². The van der Waals surface area contributed by atoms with E-state index in [1.165, 1.54) is 19.3 Å². The highest BCUT2D eigenvalue weighted by Crippen LogP contribution is 2.39. The Morgan fingerprint density at radius 3 is 2.67 bits per heavy atom. The van der Waals surface area contributed by atoms with E-state index in [1.807, 2.05) is 13.8 Å². The summed E-state index contributed by atoms with van der Waals surface area (Å²) in [6.07, 6.45) is 2.16. The lowest BCUT2D eigenvalue weighted by Crippen LogP contribution is -2.54. The van der Waals surface area contributed by atoms with Crippen LogP contribution in [0.3, 0.4) is 0 Å². The molecule has 172 valence electrons. The van der Waals surface area contributed by atoms with Crippen molar-refractivity contribution >= 4 is 45.5 Å². The summed E-state index contributed by atoms with van der Waals surface area (Å²) in [5.74, 6) is 0.303. The fourth-order valence-electron chi connectivity index (χ4n) is 3.30. The SMILES string of the molecule is CC[C@H](C)Oc1c(Br)cc(/C=C2\C(=O)NC(=O)N(c3ccc4c(c3)OCO4)C2=O)cc1OC.